The van der Waals surface area contributed by atoms with E-state index in [0.717, 1.165) is 22.5 Å². The van der Waals surface area contributed by atoms with Crippen molar-refractivity contribution in [2.24, 2.45) is 0 Å². The Balaban J connectivity index is 1.39. The third-order valence-corrected chi connectivity index (χ3v) is 6.52. The van der Waals surface area contributed by atoms with Crippen LogP contribution in [0, 0.1) is 0 Å². The molecule has 1 fully saturated rings. The molecular weight excluding hydrogens is 466 g/mol. The van der Waals surface area contributed by atoms with Crippen LogP contribution in [0.1, 0.15) is 39.5 Å². The molecule has 2 heterocycles. The molecule has 2 unspecified atom stereocenters. The number of anilines is 3. The number of hydrogen-bond donors (Lipinski definition) is 2. The maximum Gasteiger partial charge on any atom is 0.258 e. The molecule has 37 heavy (non-hydrogen) atoms. The van der Waals surface area contributed by atoms with E-state index in [1.165, 1.54) is 0 Å². The smallest absolute Gasteiger partial charge is 0.258 e. The molecule has 5 rings (SSSR count). The van der Waals surface area contributed by atoms with Gasteiger partial charge in [-0.25, -0.2) is 9.97 Å². The summed E-state index contributed by atoms with van der Waals surface area (Å²) in [6, 6.07) is 24.4. The van der Waals surface area contributed by atoms with E-state index in [0.29, 0.717) is 30.2 Å². The van der Waals surface area contributed by atoms with Crippen molar-refractivity contribution in [3.8, 4) is 0 Å². The maximum atomic E-state index is 12.9. The molecule has 1 saturated heterocycles. The van der Waals surface area contributed by atoms with Gasteiger partial charge in [0.15, 0.2) is 5.82 Å². The number of carbonyl (C=O) groups is 1. The number of carbonyl (C=O) groups excluding carboxylic acids is 1. The summed E-state index contributed by atoms with van der Waals surface area (Å²) in [7, 11) is 1.75. The number of aromatic nitrogens is 2. The molecule has 0 spiro atoms. The van der Waals surface area contributed by atoms with Crippen molar-refractivity contribution in [2.45, 2.75) is 18.8 Å². The number of ether oxygens (including phenoxy) is 1. The van der Waals surface area contributed by atoms with Gasteiger partial charge in [-0.2, -0.15) is 0 Å². The molecule has 4 aromatic rings. The Kier molecular flexibility index (Phi) is 7.11. The minimum Gasteiger partial charge on any atom is -0.399 e. The Morgan fingerprint density at radius 3 is 2.46 bits per heavy atom. The number of rotatable bonds is 6. The van der Waals surface area contributed by atoms with Gasteiger partial charge in [0, 0.05) is 48.6 Å². The van der Waals surface area contributed by atoms with Crippen LogP contribution in [0.25, 0.3) is 0 Å². The third-order valence-electron chi connectivity index (χ3n) is 6.52. The molecular formula is C29H29N5O3. The minimum absolute atomic E-state index is 0.0290. The van der Waals surface area contributed by atoms with Crippen LogP contribution >= 0.6 is 0 Å². The van der Waals surface area contributed by atoms with Crippen molar-refractivity contribution in [3.05, 3.63) is 114 Å². The summed E-state index contributed by atoms with van der Waals surface area (Å²) in [6.07, 6.45) is 2.87. The zero-order valence-electron chi connectivity index (χ0n) is 20.6. The molecule has 3 aromatic carbocycles. The molecule has 1 amide bonds. The average Bonchev–Trinajstić information content (AvgIpc) is 2.96. The van der Waals surface area contributed by atoms with Crippen molar-refractivity contribution in [1.29, 1.82) is 0 Å². The Hall–Kier alpha value is -4.27. The number of aliphatic hydroxyl groups excluding tert-OH is 1. The van der Waals surface area contributed by atoms with E-state index in [1.54, 1.807) is 54.7 Å². The fraction of sp³-hybridized carbons (Fsp3) is 0.207. The molecule has 0 radical (unpaired) electrons. The number of amides is 1. The summed E-state index contributed by atoms with van der Waals surface area (Å²) in [5, 5.41) is 9.61. The highest BCUT2D eigenvalue weighted by Gasteiger charge is 2.32. The maximum absolute atomic E-state index is 12.9. The zero-order valence-corrected chi connectivity index (χ0v) is 20.6. The standard InChI is InChI=1S/C29H29N5O3/c1-33(29(36)22-7-3-8-23(30)16-22)24-9-11-25(12-10-24)34-17-26(21-6-2-5-20(15-21)19-35)37-27(18-34)28-31-13-4-14-32-28/h2-16,26-27,35H,17-19,30H2,1H3. The molecule has 188 valence electrons. The molecule has 0 bridgehead atoms. The van der Waals surface area contributed by atoms with E-state index < -0.39 is 0 Å². The summed E-state index contributed by atoms with van der Waals surface area (Å²) in [5.74, 6) is 0.496. The summed E-state index contributed by atoms with van der Waals surface area (Å²) in [4.78, 5) is 25.7. The van der Waals surface area contributed by atoms with Crippen LogP contribution in [-0.4, -0.2) is 41.1 Å². The number of morpholine rings is 1. The van der Waals surface area contributed by atoms with Crippen molar-refractivity contribution >= 4 is 23.0 Å². The lowest BCUT2D eigenvalue weighted by Gasteiger charge is -2.39. The lowest BCUT2D eigenvalue weighted by molar-refractivity contribution is -0.0338. The summed E-state index contributed by atoms with van der Waals surface area (Å²) >= 11 is 0. The van der Waals surface area contributed by atoms with Gasteiger partial charge < -0.3 is 25.4 Å². The van der Waals surface area contributed by atoms with Gasteiger partial charge in [0.2, 0.25) is 0 Å². The van der Waals surface area contributed by atoms with E-state index in [1.807, 2.05) is 48.5 Å². The van der Waals surface area contributed by atoms with E-state index in [-0.39, 0.29) is 24.7 Å². The molecule has 0 saturated carbocycles. The lowest BCUT2D eigenvalue weighted by atomic mass is 10.0. The fourth-order valence-corrected chi connectivity index (χ4v) is 4.53. The second-order valence-corrected chi connectivity index (χ2v) is 9.03. The molecule has 0 aliphatic carbocycles. The summed E-state index contributed by atoms with van der Waals surface area (Å²) < 4.78 is 6.45. The second kappa shape index (κ2) is 10.8. The number of nitrogen functional groups attached to an aromatic ring is 1. The first-order chi connectivity index (χ1) is 18.0. The molecule has 2 atom stereocenters. The van der Waals surface area contributed by atoms with Crippen molar-refractivity contribution in [1.82, 2.24) is 9.97 Å². The monoisotopic (exact) mass is 495 g/mol. The largest absolute Gasteiger partial charge is 0.399 e. The van der Waals surface area contributed by atoms with Gasteiger partial charge in [0.25, 0.3) is 5.91 Å². The van der Waals surface area contributed by atoms with E-state index >= 15 is 0 Å². The topological polar surface area (TPSA) is 105 Å². The number of nitrogens with two attached hydrogens (primary N) is 1. The van der Waals surface area contributed by atoms with E-state index in [9.17, 15) is 9.90 Å². The van der Waals surface area contributed by atoms with Crippen molar-refractivity contribution in [2.75, 3.05) is 35.7 Å². The quantitative estimate of drug-likeness (QED) is 0.387. The Bertz CT molecular complexity index is 1360. The predicted molar refractivity (Wildman–Crippen MR) is 143 cm³/mol. The van der Waals surface area contributed by atoms with Gasteiger partial charge in [-0.3, -0.25) is 4.79 Å². The summed E-state index contributed by atoms with van der Waals surface area (Å²) in [6.45, 7) is 1.17. The second-order valence-electron chi connectivity index (χ2n) is 9.03. The highest BCUT2D eigenvalue weighted by atomic mass is 16.5. The zero-order chi connectivity index (χ0) is 25.8. The molecule has 1 aliphatic rings. The SMILES string of the molecule is CN(C(=O)c1cccc(N)c1)c1ccc(N2CC(c3cccc(CO)c3)OC(c3ncccn3)C2)cc1. The Morgan fingerprint density at radius 2 is 1.73 bits per heavy atom. The first-order valence-corrected chi connectivity index (χ1v) is 12.1. The molecule has 3 N–H and O–H groups in total. The highest BCUT2D eigenvalue weighted by Crippen LogP contribution is 2.35. The van der Waals surface area contributed by atoms with E-state index in [4.69, 9.17) is 10.5 Å². The first kappa shape index (κ1) is 24.4. The van der Waals surface area contributed by atoms with Gasteiger partial charge in [-0.05, 0) is 59.7 Å². The molecule has 1 aliphatic heterocycles. The van der Waals surface area contributed by atoms with Gasteiger partial charge in [-0.15, -0.1) is 0 Å². The van der Waals surface area contributed by atoms with Crippen LogP contribution in [0.5, 0.6) is 0 Å². The van der Waals surface area contributed by atoms with Crippen molar-refractivity contribution in [3.63, 3.8) is 0 Å². The number of benzene rings is 3. The van der Waals surface area contributed by atoms with Crippen LogP contribution in [0.4, 0.5) is 17.1 Å². The predicted octanol–water partition coefficient (Wildman–Crippen LogP) is 4.15. The molecule has 1 aromatic heterocycles. The third kappa shape index (κ3) is 5.45. The van der Waals surface area contributed by atoms with Gasteiger partial charge >= 0.3 is 0 Å². The minimum atomic E-state index is -0.329. The number of aliphatic hydroxyl groups is 1. The van der Waals surface area contributed by atoms with Gasteiger partial charge in [0.1, 0.15) is 12.2 Å². The lowest BCUT2D eigenvalue weighted by Crippen LogP contribution is -2.40. The molecule has 8 heteroatoms. The number of nitrogens with zero attached hydrogens (tertiary/aromatic N) is 4. The Morgan fingerprint density at radius 1 is 1.00 bits per heavy atom. The average molecular weight is 496 g/mol. The van der Waals surface area contributed by atoms with Crippen LogP contribution in [0.3, 0.4) is 0 Å². The van der Waals surface area contributed by atoms with Crippen LogP contribution < -0.4 is 15.5 Å². The highest BCUT2D eigenvalue weighted by molar-refractivity contribution is 6.06. The van der Waals surface area contributed by atoms with Gasteiger partial charge in [0.05, 0.1) is 13.2 Å². The fourth-order valence-electron chi connectivity index (χ4n) is 4.53. The van der Waals surface area contributed by atoms with Crippen molar-refractivity contribution < 1.29 is 14.6 Å². The first-order valence-electron chi connectivity index (χ1n) is 12.1. The van der Waals surface area contributed by atoms with Crippen LogP contribution in [-0.2, 0) is 11.3 Å². The summed E-state index contributed by atoms with van der Waals surface area (Å²) in [5.41, 5.74) is 10.5. The van der Waals surface area contributed by atoms with E-state index in [2.05, 4.69) is 14.9 Å². The van der Waals surface area contributed by atoms with Crippen LogP contribution in [0.15, 0.2) is 91.3 Å². The molecule has 8 nitrogen and oxygen atoms in total. The normalized spacial score (nSPS) is 17.4. The number of hydrogen-bond acceptors (Lipinski definition) is 7. The van der Waals surface area contributed by atoms with Crippen LogP contribution in [0.2, 0.25) is 0 Å². The Labute approximate surface area is 216 Å². The van der Waals surface area contributed by atoms with Gasteiger partial charge in [-0.1, -0.05) is 30.3 Å².